The summed E-state index contributed by atoms with van der Waals surface area (Å²) in [7, 11) is 2.10. The van der Waals surface area contributed by atoms with Gasteiger partial charge in [-0.1, -0.05) is 18.0 Å². The zero-order valence-electron chi connectivity index (χ0n) is 18.5. The van der Waals surface area contributed by atoms with Crippen molar-refractivity contribution < 1.29 is 9.52 Å². The molecule has 0 bridgehead atoms. The van der Waals surface area contributed by atoms with Crippen LogP contribution >= 0.6 is 11.6 Å². The Labute approximate surface area is 189 Å². The Balaban J connectivity index is 1.45. The van der Waals surface area contributed by atoms with Crippen LogP contribution in [0.1, 0.15) is 61.6 Å². The highest BCUT2D eigenvalue weighted by Gasteiger charge is 2.33. The van der Waals surface area contributed by atoms with E-state index >= 15 is 0 Å². The molecule has 2 fully saturated rings. The van der Waals surface area contributed by atoms with Crippen LogP contribution in [0.4, 0.5) is 0 Å². The van der Waals surface area contributed by atoms with Crippen LogP contribution in [0.25, 0.3) is 11.0 Å². The van der Waals surface area contributed by atoms with Gasteiger partial charge in [-0.2, -0.15) is 0 Å². The molecule has 5 nitrogen and oxygen atoms in total. The predicted molar refractivity (Wildman–Crippen MR) is 124 cm³/mol. The quantitative estimate of drug-likeness (QED) is 0.691. The first-order chi connectivity index (χ1) is 15.0. The lowest BCUT2D eigenvalue weighted by atomic mass is 9.83. The van der Waals surface area contributed by atoms with E-state index in [4.69, 9.17) is 16.0 Å². The van der Waals surface area contributed by atoms with Gasteiger partial charge in [0.2, 0.25) is 0 Å². The molecule has 2 atom stereocenters. The van der Waals surface area contributed by atoms with Crippen molar-refractivity contribution in [1.29, 1.82) is 0 Å². The molecule has 6 heteroatoms. The standard InChI is InChI=1S/C25H33ClN2O3/c1-27(14-16-7-6-12-28-11-5-4-10-22(16)28)15-20-23(29)21(26)13-19-17-8-2-3-9-18(17)25(30)31-24(19)20/h13,16,22,29H,2-12,14-15H2,1H3. The summed E-state index contributed by atoms with van der Waals surface area (Å²) >= 11 is 6.45. The van der Waals surface area contributed by atoms with Gasteiger partial charge in [-0.25, -0.2) is 4.79 Å². The SMILES string of the molecule is CN(Cc1c(O)c(Cl)cc2c3c(c(=O)oc12)CCCC3)CC1CCCN2CCCCC12. The van der Waals surface area contributed by atoms with Crippen LogP contribution in [0.5, 0.6) is 5.75 Å². The van der Waals surface area contributed by atoms with Gasteiger partial charge in [0.1, 0.15) is 11.3 Å². The second kappa shape index (κ2) is 8.76. The number of hydrogen-bond donors (Lipinski definition) is 1. The lowest BCUT2D eigenvalue weighted by Gasteiger charge is -2.45. The van der Waals surface area contributed by atoms with Gasteiger partial charge in [-0.3, -0.25) is 0 Å². The van der Waals surface area contributed by atoms with Gasteiger partial charge in [0.05, 0.1) is 10.6 Å². The van der Waals surface area contributed by atoms with Crippen molar-refractivity contribution in [3.05, 3.63) is 38.2 Å². The highest BCUT2D eigenvalue weighted by Crippen LogP contribution is 2.39. The smallest absolute Gasteiger partial charge is 0.339 e. The highest BCUT2D eigenvalue weighted by atomic mass is 35.5. The van der Waals surface area contributed by atoms with Crippen molar-refractivity contribution in [2.24, 2.45) is 5.92 Å². The van der Waals surface area contributed by atoms with E-state index in [-0.39, 0.29) is 11.4 Å². The first-order valence-electron chi connectivity index (χ1n) is 11.9. The van der Waals surface area contributed by atoms with Gasteiger partial charge in [-0.05, 0) is 89.1 Å². The molecule has 0 spiro atoms. The molecule has 0 radical (unpaired) electrons. The van der Waals surface area contributed by atoms with Crippen LogP contribution in [0.3, 0.4) is 0 Å². The molecule has 5 rings (SSSR count). The van der Waals surface area contributed by atoms with E-state index in [9.17, 15) is 9.90 Å². The van der Waals surface area contributed by atoms with Crippen molar-refractivity contribution in [3.8, 4) is 5.75 Å². The minimum Gasteiger partial charge on any atom is -0.506 e. The van der Waals surface area contributed by atoms with E-state index in [2.05, 4.69) is 16.8 Å². The average Bonchev–Trinajstić information content (AvgIpc) is 2.78. The zero-order valence-corrected chi connectivity index (χ0v) is 19.2. The van der Waals surface area contributed by atoms with Crippen molar-refractivity contribution in [2.45, 2.75) is 70.4 Å². The van der Waals surface area contributed by atoms with Gasteiger partial charge in [0, 0.05) is 30.1 Å². The molecule has 3 aliphatic rings. The molecule has 2 unspecified atom stereocenters. The number of nitrogens with zero attached hydrogens (tertiary/aromatic N) is 2. The number of aryl methyl sites for hydroxylation is 1. The van der Waals surface area contributed by atoms with E-state index in [0.29, 0.717) is 34.7 Å². The number of phenols is 1. The maximum Gasteiger partial charge on any atom is 0.339 e. The van der Waals surface area contributed by atoms with E-state index in [0.717, 1.165) is 48.7 Å². The number of fused-ring (bicyclic) bond motifs is 4. The van der Waals surface area contributed by atoms with E-state index in [1.165, 1.54) is 45.2 Å². The summed E-state index contributed by atoms with van der Waals surface area (Å²) in [6.07, 6.45) is 10.2. The van der Waals surface area contributed by atoms with Gasteiger partial charge in [0.15, 0.2) is 0 Å². The molecule has 2 aliphatic heterocycles. The fraction of sp³-hybridized carbons (Fsp3) is 0.640. The molecule has 168 valence electrons. The number of aromatic hydroxyl groups is 1. The van der Waals surface area contributed by atoms with Crippen LogP contribution < -0.4 is 5.63 Å². The van der Waals surface area contributed by atoms with Gasteiger partial charge >= 0.3 is 5.63 Å². The number of halogens is 1. The highest BCUT2D eigenvalue weighted by molar-refractivity contribution is 6.33. The molecule has 0 amide bonds. The van der Waals surface area contributed by atoms with Gasteiger partial charge < -0.3 is 19.3 Å². The third kappa shape index (κ3) is 4.01. The molecular weight excluding hydrogens is 412 g/mol. The van der Waals surface area contributed by atoms with Gasteiger partial charge in [0.25, 0.3) is 0 Å². The van der Waals surface area contributed by atoms with Crippen molar-refractivity contribution in [1.82, 2.24) is 9.80 Å². The Hall–Kier alpha value is -1.56. The largest absolute Gasteiger partial charge is 0.506 e. The number of rotatable bonds is 4. The number of phenolic OH excluding ortho intramolecular Hbond substituents is 1. The normalized spacial score (nSPS) is 24.4. The molecule has 1 aliphatic carbocycles. The third-order valence-corrected chi connectivity index (χ3v) is 8.03. The summed E-state index contributed by atoms with van der Waals surface area (Å²) in [6, 6.07) is 2.46. The molecule has 3 heterocycles. The van der Waals surface area contributed by atoms with Crippen molar-refractivity contribution in [2.75, 3.05) is 26.7 Å². The molecule has 2 saturated heterocycles. The minimum absolute atomic E-state index is 0.0443. The summed E-state index contributed by atoms with van der Waals surface area (Å²) in [5, 5.41) is 12.0. The lowest BCUT2D eigenvalue weighted by molar-refractivity contribution is 0.0434. The zero-order chi connectivity index (χ0) is 21.5. The first-order valence-corrected chi connectivity index (χ1v) is 12.3. The maximum absolute atomic E-state index is 12.7. The second-order valence-electron chi connectivity index (χ2n) is 9.81. The van der Waals surface area contributed by atoms with Gasteiger partial charge in [-0.15, -0.1) is 0 Å². The van der Waals surface area contributed by atoms with Crippen LogP contribution in [-0.4, -0.2) is 47.6 Å². The molecule has 1 aromatic carbocycles. The first kappa shape index (κ1) is 21.3. The van der Waals surface area contributed by atoms with Crippen LogP contribution in [0.2, 0.25) is 5.02 Å². The predicted octanol–water partition coefficient (Wildman–Crippen LogP) is 4.73. The van der Waals surface area contributed by atoms with E-state index in [1.807, 2.05) is 0 Å². The topological polar surface area (TPSA) is 56.9 Å². The minimum atomic E-state index is -0.252. The van der Waals surface area contributed by atoms with E-state index < -0.39 is 0 Å². The molecule has 1 N–H and O–H groups in total. The number of benzene rings is 1. The number of piperidine rings is 2. The Morgan fingerprint density at radius 1 is 1.13 bits per heavy atom. The van der Waals surface area contributed by atoms with E-state index in [1.54, 1.807) is 6.07 Å². The molecular formula is C25H33ClN2O3. The van der Waals surface area contributed by atoms with Crippen molar-refractivity contribution in [3.63, 3.8) is 0 Å². The Kier molecular flexibility index (Phi) is 6.02. The molecule has 31 heavy (non-hydrogen) atoms. The summed E-state index contributed by atoms with van der Waals surface area (Å²) in [4.78, 5) is 17.6. The summed E-state index contributed by atoms with van der Waals surface area (Å²) in [5.41, 5.74) is 2.76. The summed E-state index contributed by atoms with van der Waals surface area (Å²) in [5.74, 6) is 0.689. The fourth-order valence-electron chi connectivity index (χ4n) is 6.27. The fourth-order valence-corrected chi connectivity index (χ4v) is 6.49. The Morgan fingerprint density at radius 3 is 2.74 bits per heavy atom. The lowest BCUT2D eigenvalue weighted by Crippen LogP contribution is -2.50. The monoisotopic (exact) mass is 444 g/mol. The van der Waals surface area contributed by atoms with Crippen molar-refractivity contribution >= 4 is 22.6 Å². The third-order valence-electron chi connectivity index (χ3n) is 7.74. The molecule has 2 aromatic rings. The Morgan fingerprint density at radius 2 is 1.90 bits per heavy atom. The van der Waals surface area contributed by atoms with Crippen LogP contribution in [0.15, 0.2) is 15.3 Å². The summed E-state index contributed by atoms with van der Waals surface area (Å²) in [6.45, 7) is 3.97. The molecule has 1 aromatic heterocycles. The number of hydrogen-bond acceptors (Lipinski definition) is 5. The second-order valence-corrected chi connectivity index (χ2v) is 10.2. The average molecular weight is 445 g/mol. The maximum atomic E-state index is 12.7. The Bertz CT molecular complexity index is 1030. The van der Waals surface area contributed by atoms with Crippen LogP contribution in [-0.2, 0) is 19.4 Å². The molecule has 0 saturated carbocycles. The van der Waals surface area contributed by atoms with Crippen LogP contribution in [0, 0.1) is 5.92 Å². The summed E-state index contributed by atoms with van der Waals surface area (Å²) < 4.78 is 5.79.